The molecule has 4 heteroatoms. The van der Waals surface area contributed by atoms with Crippen LogP contribution in [0, 0.1) is 5.92 Å². The van der Waals surface area contributed by atoms with Gasteiger partial charge in [0, 0.05) is 11.8 Å². The van der Waals surface area contributed by atoms with Crippen LogP contribution >= 0.6 is 11.8 Å². The maximum atomic E-state index is 12.9. The van der Waals surface area contributed by atoms with Crippen molar-refractivity contribution in [1.29, 1.82) is 0 Å². The summed E-state index contributed by atoms with van der Waals surface area (Å²) in [5.74, 6) is 3.01. The Hall–Kier alpha value is -0.220. The molecule has 1 N–H and O–H groups in total. The lowest BCUT2D eigenvalue weighted by atomic mass is 9.97. The largest absolute Gasteiger partial charge is 0.322 e. The molecular weight excluding hydrogens is 256 g/mol. The van der Waals surface area contributed by atoms with Crippen LogP contribution in [0.25, 0.3) is 0 Å². The molecule has 1 amide bonds. The lowest BCUT2D eigenvalue weighted by molar-refractivity contribution is -0.135. The van der Waals surface area contributed by atoms with Crippen molar-refractivity contribution < 1.29 is 4.79 Å². The van der Waals surface area contributed by atoms with Crippen LogP contribution in [0.15, 0.2) is 0 Å². The predicted octanol–water partition coefficient (Wildman–Crippen LogP) is 2.85. The third-order valence-corrected chi connectivity index (χ3v) is 5.62. The standard InChI is InChI=1S/C15H28N2OS/c1-5-19-10-12(4)17-13(11(2)3)16-15(14(17)18)8-6-7-9-15/h11-13,16H,5-10H2,1-4H3. The van der Waals surface area contributed by atoms with E-state index < -0.39 is 0 Å². The monoisotopic (exact) mass is 284 g/mol. The van der Waals surface area contributed by atoms with Crippen molar-refractivity contribution in [2.75, 3.05) is 11.5 Å². The van der Waals surface area contributed by atoms with Gasteiger partial charge in [-0.1, -0.05) is 33.6 Å². The van der Waals surface area contributed by atoms with Gasteiger partial charge in [0.2, 0.25) is 5.91 Å². The summed E-state index contributed by atoms with van der Waals surface area (Å²) in [5, 5.41) is 3.69. The van der Waals surface area contributed by atoms with E-state index in [0.717, 1.165) is 24.3 Å². The summed E-state index contributed by atoms with van der Waals surface area (Å²) in [5.41, 5.74) is -0.222. The molecule has 1 aliphatic heterocycles. The Balaban J connectivity index is 2.16. The summed E-state index contributed by atoms with van der Waals surface area (Å²) in [6, 6.07) is 0.331. The number of rotatable bonds is 5. The number of carbonyl (C=O) groups is 1. The van der Waals surface area contributed by atoms with E-state index in [0.29, 0.717) is 17.9 Å². The first-order valence-corrected chi connectivity index (χ1v) is 8.85. The van der Waals surface area contributed by atoms with Crippen LogP contribution in [-0.4, -0.2) is 40.1 Å². The highest BCUT2D eigenvalue weighted by Gasteiger charge is 2.53. The first-order valence-electron chi connectivity index (χ1n) is 7.70. The van der Waals surface area contributed by atoms with Gasteiger partial charge in [-0.2, -0.15) is 11.8 Å². The van der Waals surface area contributed by atoms with Crippen LogP contribution in [0.1, 0.15) is 53.4 Å². The second-order valence-corrected chi connectivity index (χ2v) is 7.66. The highest BCUT2D eigenvalue weighted by molar-refractivity contribution is 7.99. The number of nitrogens with one attached hydrogen (secondary N) is 1. The molecular formula is C15H28N2OS. The Morgan fingerprint density at radius 1 is 1.37 bits per heavy atom. The smallest absolute Gasteiger partial charge is 0.244 e. The molecule has 2 rings (SSSR count). The third-order valence-electron chi connectivity index (χ3n) is 4.49. The molecule has 2 unspecified atom stereocenters. The molecule has 2 fully saturated rings. The normalized spacial score (nSPS) is 27.7. The summed E-state index contributed by atoms with van der Waals surface area (Å²) in [4.78, 5) is 15.1. The number of thioether (sulfide) groups is 1. The minimum absolute atomic E-state index is 0.220. The molecule has 0 aromatic heterocycles. The van der Waals surface area contributed by atoms with Crippen molar-refractivity contribution in [2.45, 2.75) is 71.1 Å². The molecule has 0 radical (unpaired) electrons. The number of hydrogen-bond acceptors (Lipinski definition) is 3. The van der Waals surface area contributed by atoms with Gasteiger partial charge in [0.05, 0.1) is 11.7 Å². The van der Waals surface area contributed by atoms with Gasteiger partial charge in [0.1, 0.15) is 0 Å². The van der Waals surface area contributed by atoms with Crippen LogP contribution in [0.3, 0.4) is 0 Å². The van der Waals surface area contributed by atoms with Crippen LogP contribution < -0.4 is 5.32 Å². The summed E-state index contributed by atoms with van der Waals surface area (Å²) in [6.45, 7) is 8.81. The van der Waals surface area contributed by atoms with E-state index >= 15 is 0 Å². The van der Waals surface area contributed by atoms with Crippen molar-refractivity contribution in [3.63, 3.8) is 0 Å². The van der Waals surface area contributed by atoms with Gasteiger partial charge >= 0.3 is 0 Å². The minimum atomic E-state index is -0.222. The summed E-state index contributed by atoms with van der Waals surface area (Å²) in [7, 11) is 0. The maximum absolute atomic E-state index is 12.9. The fourth-order valence-corrected chi connectivity index (χ4v) is 4.19. The Morgan fingerprint density at radius 2 is 2.00 bits per heavy atom. The molecule has 1 aliphatic carbocycles. The van der Waals surface area contributed by atoms with Crippen LogP contribution in [0.5, 0.6) is 0 Å². The van der Waals surface area contributed by atoms with Gasteiger partial charge in [-0.3, -0.25) is 10.1 Å². The van der Waals surface area contributed by atoms with Gasteiger partial charge in [0.25, 0.3) is 0 Å². The van der Waals surface area contributed by atoms with Crippen molar-refractivity contribution in [3.05, 3.63) is 0 Å². The molecule has 1 saturated heterocycles. The lowest BCUT2D eigenvalue weighted by Gasteiger charge is -2.32. The highest BCUT2D eigenvalue weighted by atomic mass is 32.2. The van der Waals surface area contributed by atoms with E-state index in [-0.39, 0.29) is 11.7 Å². The van der Waals surface area contributed by atoms with Crippen LogP contribution in [0.4, 0.5) is 0 Å². The topological polar surface area (TPSA) is 32.3 Å². The molecule has 1 heterocycles. The highest BCUT2D eigenvalue weighted by Crippen LogP contribution is 2.38. The van der Waals surface area contributed by atoms with Crippen LogP contribution in [-0.2, 0) is 4.79 Å². The van der Waals surface area contributed by atoms with Gasteiger partial charge in [-0.15, -0.1) is 0 Å². The van der Waals surface area contributed by atoms with Gasteiger partial charge in [0.15, 0.2) is 0 Å². The molecule has 0 aromatic carbocycles. The lowest BCUT2D eigenvalue weighted by Crippen LogP contribution is -2.47. The minimum Gasteiger partial charge on any atom is -0.322 e. The van der Waals surface area contributed by atoms with E-state index in [9.17, 15) is 4.79 Å². The van der Waals surface area contributed by atoms with Crippen molar-refractivity contribution in [3.8, 4) is 0 Å². The number of carbonyl (C=O) groups excluding carboxylic acids is 1. The zero-order chi connectivity index (χ0) is 14.0. The second kappa shape index (κ2) is 6.04. The molecule has 1 spiro atoms. The van der Waals surface area contributed by atoms with E-state index in [1.165, 1.54) is 12.8 Å². The predicted molar refractivity (Wildman–Crippen MR) is 82.3 cm³/mol. The molecule has 3 nitrogen and oxygen atoms in total. The fraction of sp³-hybridized carbons (Fsp3) is 0.933. The first-order chi connectivity index (χ1) is 9.02. The van der Waals surface area contributed by atoms with Gasteiger partial charge in [-0.25, -0.2) is 0 Å². The van der Waals surface area contributed by atoms with E-state index in [1.807, 2.05) is 11.8 Å². The maximum Gasteiger partial charge on any atom is 0.244 e. The third kappa shape index (κ3) is 2.80. The quantitative estimate of drug-likeness (QED) is 0.842. The van der Waals surface area contributed by atoms with Crippen LogP contribution in [0.2, 0.25) is 0 Å². The van der Waals surface area contributed by atoms with Gasteiger partial charge in [-0.05, 0) is 31.4 Å². The molecule has 2 aliphatic rings. The Bertz CT molecular complexity index is 326. The fourth-order valence-electron chi connectivity index (χ4n) is 3.46. The molecule has 110 valence electrons. The molecule has 0 aromatic rings. The van der Waals surface area contributed by atoms with Crippen molar-refractivity contribution in [2.24, 2.45) is 5.92 Å². The molecule has 0 bridgehead atoms. The molecule has 2 atom stereocenters. The van der Waals surface area contributed by atoms with E-state index in [2.05, 4.69) is 37.9 Å². The average molecular weight is 284 g/mol. The van der Waals surface area contributed by atoms with Crippen molar-refractivity contribution >= 4 is 17.7 Å². The Morgan fingerprint density at radius 3 is 2.53 bits per heavy atom. The average Bonchev–Trinajstić information content (AvgIpc) is 2.95. The molecule has 19 heavy (non-hydrogen) atoms. The molecule has 1 saturated carbocycles. The summed E-state index contributed by atoms with van der Waals surface area (Å²) in [6.07, 6.45) is 4.65. The van der Waals surface area contributed by atoms with Gasteiger partial charge < -0.3 is 4.90 Å². The van der Waals surface area contributed by atoms with E-state index in [1.54, 1.807) is 0 Å². The second-order valence-electron chi connectivity index (χ2n) is 6.34. The van der Waals surface area contributed by atoms with E-state index in [4.69, 9.17) is 0 Å². The SMILES string of the molecule is CCSCC(C)N1C(=O)C2(CCCC2)NC1C(C)C. The summed E-state index contributed by atoms with van der Waals surface area (Å²) < 4.78 is 0. The Kier molecular flexibility index (Phi) is 4.83. The zero-order valence-electron chi connectivity index (χ0n) is 12.7. The Labute approximate surface area is 121 Å². The first kappa shape index (κ1) is 15.2. The summed E-state index contributed by atoms with van der Waals surface area (Å²) >= 11 is 1.93. The number of nitrogens with zero attached hydrogens (tertiary/aromatic N) is 1. The zero-order valence-corrected chi connectivity index (χ0v) is 13.6. The number of hydrogen-bond donors (Lipinski definition) is 1. The van der Waals surface area contributed by atoms with Crippen molar-refractivity contribution in [1.82, 2.24) is 10.2 Å². The number of amides is 1.